The third kappa shape index (κ3) is 6.58. The summed E-state index contributed by atoms with van der Waals surface area (Å²) in [6.07, 6.45) is 17.2. The van der Waals surface area contributed by atoms with Crippen LogP contribution in [0, 0.1) is 5.92 Å². The van der Waals surface area contributed by atoms with Crippen LogP contribution in [0.4, 0.5) is 0 Å². The molecular formula is C18H35NO. The zero-order valence-electron chi connectivity index (χ0n) is 13.5. The van der Waals surface area contributed by atoms with Crippen LogP contribution in [0.3, 0.4) is 0 Å². The Morgan fingerprint density at radius 3 is 2.00 bits per heavy atom. The van der Waals surface area contributed by atoms with Gasteiger partial charge in [0.05, 0.1) is 6.10 Å². The molecule has 118 valence electrons. The monoisotopic (exact) mass is 281 g/mol. The summed E-state index contributed by atoms with van der Waals surface area (Å²) in [6, 6.07) is 0.596. The van der Waals surface area contributed by atoms with Crippen molar-refractivity contribution >= 4 is 0 Å². The largest absolute Gasteiger partial charge is 0.376 e. The fourth-order valence-corrected chi connectivity index (χ4v) is 3.40. The molecule has 2 nitrogen and oxygen atoms in total. The van der Waals surface area contributed by atoms with Gasteiger partial charge in [-0.15, -0.1) is 0 Å². The topological polar surface area (TPSA) is 21.3 Å². The van der Waals surface area contributed by atoms with Crippen LogP contribution in [0.5, 0.6) is 0 Å². The van der Waals surface area contributed by atoms with E-state index in [1.54, 1.807) is 0 Å². The van der Waals surface area contributed by atoms with E-state index in [-0.39, 0.29) is 0 Å². The zero-order chi connectivity index (χ0) is 14.0. The molecule has 2 saturated carbocycles. The van der Waals surface area contributed by atoms with Gasteiger partial charge < -0.3 is 10.1 Å². The van der Waals surface area contributed by atoms with Crippen molar-refractivity contribution in [3.8, 4) is 0 Å². The quantitative estimate of drug-likeness (QED) is 0.790. The third-order valence-corrected chi connectivity index (χ3v) is 4.91. The fraction of sp³-hybridized carbons (Fsp3) is 1.00. The van der Waals surface area contributed by atoms with E-state index in [0.29, 0.717) is 12.1 Å². The molecule has 1 N–H and O–H groups in total. The summed E-state index contributed by atoms with van der Waals surface area (Å²) in [4.78, 5) is 0. The molecule has 0 aliphatic heterocycles. The van der Waals surface area contributed by atoms with E-state index in [9.17, 15) is 0 Å². The number of rotatable bonds is 5. The molecule has 0 radical (unpaired) electrons. The van der Waals surface area contributed by atoms with Crippen LogP contribution in [-0.4, -0.2) is 25.3 Å². The highest BCUT2D eigenvalue weighted by atomic mass is 16.5. The van der Waals surface area contributed by atoms with Gasteiger partial charge in [0.15, 0.2) is 0 Å². The highest BCUT2D eigenvalue weighted by Gasteiger charge is 2.26. The first-order valence-electron chi connectivity index (χ1n) is 9.25. The number of nitrogens with one attached hydrogen (secondary N) is 1. The van der Waals surface area contributed by atoms with Crippen LogP contribution in [0.1, 0.15) is 84.0 Å². The van der Waals surface area contributed by atoms with E-state index in [1.165, 1.54) is 77.0 Å². The average Bonchev–Trinajstić information content (AvgIpc) is 3.25. The Morgan fingerprint density at radius 2 is 1.40 bits per heavy atom. The maximum absolute atomic E-state index is 6.31. The second-order valence-electron chi connectivity index (χ2n) is 6.89. The van der Waals surface area contributed by atoms with Gasteiger partial charge in [0, 0.05) is 12.6 Å². The Hall–Kier alpha value is -0.0800. The van der Waals surface area contributed by atoms with Crippen molar-refractivity contribution in [1.29, 1.82) is 0 Å². The minimum Gasteiger partial charge on any atom is -0.376 e. The molecule has 0 amide bonds. The molecule has 0 bridgehead atoms. The van der Waals surface area contributed by atoms with Crippen LogP contribution >= 0.6 is 0 Å². The first-order valence-corrected chi connectivity index (χ1v) is 9.25. The predicted octanol–water partition coefficient (Wildman–Crippen LogP) is 4.67. The van der Waals surface area contributed by atoms with E-state index in [1.807, 2.05) is 0 Å². The summed E-state index contributed by atoms with van der Waals surface area (Å²) >= 11 is 0. The average molecular weight is 281 g/mol. The second kappa shape index (κ2) is 9.78. The van der Waals surface area contributed by atoms with Gasteiger partial charge in [-0.2, -0.15) is 0 Å². The summed E-state index contributed by atoms with van der Waals surface area (Å²) in [5.41, 5.74) is 0. The molecule has 0 aromatic heterocycles. The van der Waals surface area contributed by atoms with E-state index < -0.39 is 0 Å². The van der Waals surface area contributed by atoms with Crippen molar-refractivity contribution in [3.05, 3.63) is 0 Å². The van der Waals surface area contributed by atoms with Gasteiger partial charge in [0.1, 0.15) is 0 Å². The van der Waals surface area contributed by atoms with Gasteiger partial charge in [0.2, 0.25) is 0 Å². The Morgan fingerprint density at radius 1 is 0.800 bits per heavy atom. The molecule has 2 aliphatic rings. The lowest BCUT2D eigenvalue weighted by Crippen LogP contribution is -2.41. The zero-order valence-corrected chi connectivity index (χ0v) is 13.5. The lowest BCUT2D eigenvalue weighted by molar-refractivity contribution is 0.0107. The van der Waals surface area contributed by atoms with Gasteiger partial charge in [-0.05, 0) is 38.1 Å². The maximum atomic E-state index is 6.31. The molecular weight excluding hydrogens is 246 g/mol. The van der Waals surface area contributed by atoms with Crippen LogP contribution in [-0.2, 0) is 4.74 Å². The van der Waals surface area contributed by atoms with Gasteiger partial charge in [-0.1, -0.05) is 58.3 Å². The van der Waals surface area contributed by atoms with Gasteiger partial charge >= 0.3 is 0 Å². The van der Waals surface area contributed by atoms with Crippen molar-refractivity contribution in [2.24, 2.45) is 5.92 Å². The second-order valence-corrected chi connectivity index (χ2v) is 6.89. The number of likely N-dealkylation sites (N-methyl/N-ethyl adjacent to an activating group) is 1. The van der Waals surface area contributed by atoms with E-state index in [4.69, 9.17) is 4.74 Å². The molecule has 2 aliphatic carbocycles. The molecule has 20 heavy (non-hydrogen) atoms. The molecule has 2 rings (SSSR count). The summed E-state index contributed by atoms with van der Waals surface area (Å²) in [7, 11) is 0. The van der Waals surface area contributed by atoms with Crippen LogP contribution in [0.25, 0.3) is 0 Å². The maximum Gasteiger partial charge on any atom is 0.0728 e. The lowest BCUT2D eigenvalue weighted by atomic mass is 9.95. The molecule has 2 atom stereocenters. The summed E-state index contributed by atoms with van der Waals surface area (Å²) < 4.78 is 6.31. The minimum atomic E-state index is 0.468. The Labute approximate surface area is 126 Å². The molecule has 0 heterocycles. The smallest absolute Gasteiger partial charge is 0.0728 e. The number of ether oxygens (including phenoxy) is 1. The molecule has 0 aromatic carbocycles. The van der Waals surface area contributed by atoms with Gasteiger partial charge in [-0.25, -0.2) is 0 Å². The van der Waals surface area contributed by atoms with Crippen LogP contribution in [0.2, 0.25) is 0 Å². The first-order chi connectivity index (χ1) is 9.90. The number of hydrogen-bond donors (Lipinski definition) is 1. The Kier molecular flexibility index (Phi) is 7.97. The number of hydrogen-bond acceptors (Lipinski definition) is 2. The van der Waals surface area contributed by atoms with Crippen LogP contribution in [0.15, 0.2) is 0 Å². The van der Waals surface area contributed by atoms with Crippen LogP contribution < -0.4 is 5.32 Å². The molecule has 2 fully saturated rings. The normalized spacial score (nSPS) is 30.4. The van der Waals surface area contributed by atoms with Gasteiger partial charge in [-0.3, -0.25) is 0 Å². The summed E-state index contributed by atoms with van der Waals surface area (Å²) in [6.45, 7) is 4.33. The molecule has 0 aromatic rings. The first kappa shape index (κ1) is 16.3. The predicted molar refractivity (Wildman–Crippen MR) is 86.1 cm³/mol. The highest BCUT2D eigenvalue weighted by molar-refractivity contribution is 4.80. The molecule has 2 heteroatoms. The van der Waals surface area contributed by atoms with Crippen molar-refractivity contribution in [2.45, 2.75) is 96.1 Å². The molecule has 2 unspecified atom stereocenters. The van der Waals surface area contributed by atoms with E-state index in [2.05, 4.69) is 12.2 Å². The van der Waals surface area contributed by atoms with Gasteiger partial charge in [0.25, 0.3) is 0 Å². The highest BCUT2D eigenvalue weighted by Crippen LogP contribution is 2.30. The Balaban J connectivity index is 1.82. The van der Waals surface area contributed by atoms with Crippen molar-refractivity contribution < 1.29 is 4.74 Å². The summed E-state index contributed by atoms with van der Waals surface area (Å²) in [5.74, 6) is 0.888. The molecule has 0 saturated heterocycles. The lowest BCUT2D eigenvalue weighted by Gasteiger charge is -2.29. The van der Waals surface area contributed by atoms with Crippen molar-refractivity contribution in [1.82, 2.24) is 5.32 Å². The minimum absolute atomic E-state index is 0.468. The third-order valence-electron chi connectivity index (χ3n) is 4.91. The van der Waals surface area contributed by atoms with Crippen molar-refractivity contribution in [2.75, 3.05) is 13.2 Å². The van der Waals surface area contributed by atoms with Crippen molar-refractivity contribution in [3.63, 3.8) is 0 Å². The van der Waals surface area contributed by atoms with E-state index in [0.717, 1.165) is 19.1 Å². The SMILES string of the molecule is CCNC1CCCCCCCCCCC1OCC1CC1. The fourth-order valence-electron chi connectivity index (χ4n) is 3.40. The Bertz CT molecular complexity index is 240. The molecule has 0 spiro atoms. The standard InChI is InChI=1S/C18H35NO/c1-2-19-17-11-9-7-5-3-4-6-8-10-12-18(17)20-15-16-13-14-16/h16-19H,2-15H2,1H3. The summed E-state index contributed by atoms with van der Waals surface area (Å²) in [5, 5.41) is 3.71. The van der Waals surface area contributed by atoms with E-state index >= 15 is 0 Å².